The van der Waals surface area contributed by atoms with E-state index < -0.39 is 0 Å². The van der Waals surface area contributed by atoms with Gasteiger partial charge < -0.3 is 10.2 Å². The predicted molar refractivity (Wildman–Crippen MR) is 85.0 cm³/mol. The zero-order valence-corrected chi connectivity index (χ0v) is 13.0. The lowest BCUT2D eigenvalue weighted by Crippen LogP contribution is -2.47. The van der Waals surface area contributed by atoms with E-state index in [9.17, 15) is 9.59 Å². The van der Waals surface area contributed by atoms with E-state index in [-0.39, 0.29) is 17.9 Å². The van der Waals surface area contributed by atoms with Crippen molar-refractivity contribution in [1.82, 2.24) is 10.2 Å². The Labute approximate surface area is 131 Å². The Balaban J connectivity index is 1.63. The zero-order chi connectivity index (χ0) is 15.4. The first-order chi connectivity index (χ1) is 10.7. The van der Waals surface area contributed by atoms with Gasteiger partial charge in [0.15, 0.2) is 0 Å². The second-order valence-electron chi connectivity index (χ2n) is 6.45. The maximum absolute atomic E-state index is 12.7. The third kappa shape index (κ3) is 3.67. The van der Waals surface area contributed by atoms with Crippen LogP contribution in [0.25, 0.3) is 0 Å². The molecule has 1 saturated carbocycles. The van der Waals surface area contributed by atoms with E-state index >= 15 is 0 Å². The Kier molecular flexibility index (Phi) is 4.76. The van der Waals surface area contributed by atoms with Crippen LogP contribution < -0.4 is 5.32 Å². The highest BCUT2D eigenvalue weighted by Crippen LogP contribution is 2.27. The molecule has 1 unspecified atom stereocenters. The summed E-state index contributed by atoms with van der Waals surface area (Å²) in [5, 5.41) is 2.95. The highest BCUT2D eigenvalue weighted by atomic mass is 16.2. The lowest BCUT2D eigenvalue weighted by Gasteiger charge is -2.38. The van der Waals surface area contributed by atoms with Crippen LogP contribution in [0.1, 0.15) is 50.5 Å². The molecule has 2 fully saturated rings. The molecule has 0 spiro atoms. The number of hydrogen-bond acceptors (Lipinski definition) is 2. The minimum Gasteiger partial charge on any atom is -0.353 e. The molecule has 118 valence electrons. The average molecular weight is 300 g/mol. The molecule has 2 aliphatic rings. The number of carbonyl (C=O) groups is 2. The molecule has 0 radical (unpaired) electrons. The van der Waals surface area contributed by atoms with Crippen molar-refractivity contribution in [1.29, 1.82) is 0 Å². The summed E-state index contributed by atoms with van der Waals surface area (Å²) < 4.78 is 0. The van der Waals surface area contributed by atoms with Crippen molar-refractivity contribution in [3.8, 4) is 0 Å². The topological polar surface area (TPSA) is 49.4 Å². The molecule has 4 heteroatoms. The van der Waals surface area contributed by atoms with Gasteiger partial charge >= 0.3 is 0 Å². The van der Waals surface area contributed by atoms with Gasteiger partial charge in [0.05, 0.1) is 0 Å². The summed E-state index contributed by atoms with van der Waals surface area (Å²) >= 11 is 0. The van der Waals surface area contributed by atoms with Gasteiger partial charge in [-0.1, -0.05) is 30.3 Å². The molecule has 1 aromatic rings. The summed E-state index contributed by atoms with van der Waals surface area (Å²) in [5.41, 5.74) is 1.18. The summed E-state index contributed by atoms with van der Waals surface area (Å²) in [5.74, 6) is 0.267. The van der Waals surface area contributed by atoms with Crippen LogP contribution in [0.5, 0.6) is 0 Å². The maximum Gasteiger partial charge on any atom is 0.225 e. The van der Waals surface area contributed by atoms with E-state index in [1.807, 2.05) is 23.1 Å². The van der Waals surface area contributed by atoms with Crippen LogP contribution in [-0.4, -0.2) is 28.8 Å². The largest absolute Gasteiger partial charge is 0.353 e. The van der Waals surface area contributed by atoms with Crippen molar-refractivity contribution >= 4 is 11.8 Å². The first-order valence-electron chi connectivity index (χ1n) is 8.35. The van der Waals surface area contributed by atoms with Crippen molar-refractivity contribution in [2.45, 2.75) is 63.6 Å². The molecule has 1 N–H and O–H groups in total. The Bertz CT molecular complexity index is 525. The van der Waals surface area contributed by atoms with Crippen molar-refractivity contribution < 1.29 is 9.59 Å². The number of nitrogens with zero attached hydrogens (tertiary/aromatic N) is 1. The van der Waals surface area contributed by atoms with Crippen LogP contribution in [0.3, 0.4) is 0 Å². The smallest absolute Gasteiger partial charge is 0.225 e. The minimum atomic E-state index is 0.0205. The predicted octanol–water partition coefficient (Wildman–Crippen LogP) is 2.63. The minimum absolute atomic E-state index is 0.0205. The second kappa shape index (κ2) is 6.95. The van der Waals surface area contributed by atoms with Crippen LogP contribution in [0.4, 0.5) is 0 Å². The zero-order valence-electron chi connectivity index (χ0n) is 13.0. The fourth-order valence-electron chi connectivity index (χ4n) is 3.26. The highest BCUT2D eigenvalue weighted by Gasteiger charge is 2.31. The van der Waals surface area contributed by atoms with E-state index in [0.29, 0.717) is 25.4 Å². The van der Waals surface area contributed by atoms with E-state index in [1.165, 1.54) is 12.0 Å². The number of benzene rings is 1. The summed E-state index contributed by atoms with van der Waals surface area (Å²) in [6.07, 6.45) is 6.28. The second-order valence-corrected chi connectivity index (χ2v) is 6.45. The standard InChI is InChI=1S/C18H24N2O2/c21-17-11-4-8-15(19-17)12-18(22)20(16-9-5-10-16)13-14-6-2-1-3-7-14/h1-3,6-7,15-16H,4-5,8-13H2,(H,19,21). The Morgan fingerprint density at radius 1 is 1.14 bits per heavy atom. The molecule has 1 atom stereocenters. The van der Waals surface area contributed by atoms with Crippen LogP contribution in [0.2, 0.25) is 0 Å². The Morgan fingerprint density at radius 3 is 2.55 bits per heavy atom. The van der Waals surface area contributed by atoms with Gasteiger partial charge in [-0.3, -0.25) is 9.59 Å². The molecule has 0 aromatic heterocycles. The van der Waals surface area contributed by atoms with Gasteiger partial charge in [-0.05, 0) is 37.7 Å². The first-order valence-corrected chi connectivity index (χ1v) is 8.35. The van der Waals surface area contributed by atoms with Crippen molar-refractivity contribution in [2.75, 3.05) is 0 Å². The molecule has 1 heterocycles. The fraction of sp³-hybridized carbons (Fsp3) is 0.556. The molecule has 1 saturated heterocycles. The monoisotopic (exact) mass is 300 g/mol. The van der Waals surface area contributed by atoms with Crippen molar-refractivity contribution in [3.05, 3.63) is 35.9 Å². The maximum atomic E-state index is 12.7. The molecule has 1 aliphatic heterocycles. The number of amides is 2. The molecular formula is C18H24N2O2. The Hall–Kier alpha value is -1.84. The number of hydrogen-bond donors (Lipinski definition) is 1. The van der Waals surface area contributed by atoms with E-state index in [2.05, 4.69) is 17.4 Å². The van der Waals surface area contributed by atoms with Gasteiger partial charge in [0, 0.05) is 31.5 Å². The lowest BCUT2D eigenvalue weighted by atomic mass is 9.90. The quantitative estimate of drug-likeness (QED) is 0.909. The average Bonchev–Trinajstić information content (AvgIpc) is 2.46. The number of rotatable bonds is 5. The molecule has 1 aliphatic carbocycles. The van der Waals surface area contributed by atoms with Crippen LogP contribution >= 0.6 is 0 Å². The van der Waals surface area contributed by atoms with Crippen LogP contribution in [0, 0.1) is 0 Å². The van der Waals surface area contributed by atoms with Crippen molar-refractivity contribution in [2.24, 2.45) is 0 Å². The van der Waals surface area contributed by atoms with Gasteiger partial charge in [-0.2, -0.15) is 0 Å². The molecule has 4 nitrogen and oxygen atoms in total. The van der Waals surface area contributed by atoms with Gasteiger partial charge in [0.1, 0.15) is 0 Å². The van der Waals surface area contributed by atoms with Gasteiger partial charge in [-0.25, -0.2) is 0 Å². The lowest BCUT2D eigenvalue weighted by molar-refractivity contribution is -0.137. The van der Waals surface area contributed by atoms with E-state index in [4.69, 9.17) is 0 Å². The number of nitrogens with one attached hydrogen (secondary N) is 1. The van der Waals surface area contributed by atoms with Crippen LogP contribution in [-0.2, 0) is 16.1 Å². The van der Waals surface area contributed by atoms with E-state index in [0.717, 1.165) is 25.7 Å². The van der Waals surface area contributed by atoms with E-state index in [1.54, 1.807) is 0 Å². The highest BCUT2D eigenvalue weighted by molar-refractivity contribution is 5.80. The van der Waals surface area contributed by atoms with Crippen molar-refractivity contribution in [3.63, 3.8) is 0 Å². The normalized spacial score (nSPS) is 21.8. The Morgan fingerprint density at radius 2 is 1.91 bits per heavy atom. The molecule has 0 bridgehead atoms. The number of carbonyl (C=O) groups excluding carboxylic acids is 2. The third-order valence-corrected chi connectivity index (χ3v) is 4.77. The van der Waals surface area contributed by atoms with Gasteiger partial charge in [0.25, 0.3) is 0 Å². The molecule has 2 amide bonds. The first kappa shape index (κ1) is 15.1. The molecule has 22 heavy (non-hydrogen) atoms. The van der Waals surface area contributed by atoms with Gasteiger partial charge in [-0.15, -0.1) is 0 Å². The number of piperidine rings is 1. The third-order valence-electron chi connectivity index (χ3n) is 4.77. The SMILES string of the molecule is O=C1CCCC(CC(=O)N(Cc2ccccc2)C2CCC2)N1. The summed E-state index contributed by atoms with van der Waals surface area (Å²) in [7, 11) is 0. The fourth-order valence-corrected chi connectivity index (χ4v) is 3.26. The molecule has 3 rings (SSSR count). The molecular weight excluding hydrogens is 276 g/mol. The van der Waals surface area contributed by atoms with Crippen LogP contribution in [0.15, 0.2) is 30.3 Å². The summed E-state index contributed by atoms with van der Waals surface area (Å²) in [6.45, 7) is 0.686. The van der Waals surface area contributed by atoms with Gasteiger partial charge in [0.2, 0.25) is 11.8 Å². The summed E-state index contributed by atoms with van der Waals surface area (Å²) in [4.78, 5) is 26.2. The molecule has 1 aromatic carbocycles. The summed E-state index contributed by atoms with van der Waals surface area (Å²) in [6, 6.07) is 10.6.